The van der Waals surface area contributed by atoms with Gasteiger partial charge in [0.05, 0.1) is 11.1 Å². The third-order valence-electron chi connectivity index (χ3n) is 9.27. The number of aryl methyl sites for hydroxylation is 1. The van der Waals surface area contributed by atoms with E-state index >= 15 is 0 Å². The van der Waals surface area contributed by atoms with Crippen molar-refractivity contribution in [1.82, 2.24) is 9.97 Å². The predicted molar refractivity (Wildman–Crippen MR) is 170 cm³/mol. The van der Waals surface area contributed by atoms with Crippen molar-refractivity contribution < 1.29 is 13.6 Å². The van der Waals surface area contributed by atoms with Crippen molar-refractivity contribution in [2.24, 2.45) is 0 Å². The number of oxazole rings is 2. The molecule has 0 radical (unpaired) electrons. The molecule has 3 aliphatic rings. The van der Waals surface area contributed by atoms with Crippen LogP contribution in [0.15, 0.2) is 124 Å². The molecule has 2 aromatic heterocycles. The van der Waals surface area contributed by atoms with E-state index in [-0.39, 0.29) is 0 Å². The van der Waals surface area contributed by atoms with Gasteiger partial charge in [-0.1, -0.05) is 66.7 Å². The number of ether oxygens (including phenoxy) is 1. The second kappa shape index (κ2) is 8.68. The number of nitrogens with zero attached hydrogens (tertiary/aromatic N) is 2. The van der Waals surface area contributed by atoms with Crippen LogP contribution in [0.2, 0.25) is 0 Å². The maximum absolute atomic E-state index is 6.70. The lowest BCUT2D eigenvalue weighted by molar-refractivity contribution is 0.436. The summed E-state index contributed by atoms with van der Waals surface area (Å²) < 4.78 is 19.2. The first-order valence-electron chi connectivity index (χ1n) is 15.0. The van der Waals surface area contributed by atoms with Gasteiger partial charge in [0.1, 0.15) is 17.0 Å². The number of hydrogen-bond acceptors (Lipinski definition) is 5. The zero-order valence-electron chi connectivity index (χ0n) is 23.6. The Kier molecular flexibility index (Phi) is 4.70. The van der Waals surface area contributed by atoms with Crippen molar-refractivity contribution >= 4 is 17.2 Å². The lowest BCUT2D eigenvalue weighted by atomic mass is 9.65. The highest BCUT2D eigenvalue weighted by molar-refractivity contribution is 5.89. The van der Waals surface area contributed by atoms with Crippen molar-refractivity contribution in [3.63, 3.8) is 0 Å². The third-order valence-corrected chi connectivity index (χ3v) is 9.27. The monoisotopic (exact) mass is 568 g/mol. The molecule has 0 bridgehead atoms. The highest BCUT2D eigenvalue weighted by atomic mass is 16.5. The molecule has 7 aromatic rings. The molecule has 0 saturated carbocycles. The van der Waals surface area contributed by atoms with Gasteiger partial charge in [0, 0.05) is 22.3 Å². The van der Waals surface area contributed by atoms with Crippen LogP contribution >= 0.6 is 0 Å². The van der Waals surface area contributed by atoms with Crippen molar-refractivity contribution in [2.75, 3.05) is 0 Å². The summed E-state index contributed by atoms with van der Waals surface area (Å²) in [6.45, 7) is 0. The summed E-state index contributed by atoms with van der Waals surface area (Å²) in [4.78, 5) is 9.74. The Morgan fingerprint density at radius 2 is 1.23 bits per heavy atom. The van der Waals surface area contributed by atoms with E-state index in [4.69, 9.17) is 23.5 Å². The number of fused-ring (bicyclic) bond motifs is 11. The minimum Gasteiger partial charge on any atom is -0.457 e. The van der Waals surface area contributed by atoms with Crippen molar-refractivity contribution in [1.29, 1.82) is 0 Å². The predicted octanol–water partition coefficient (Wildman–Crippen LogP) is 9.58. The van der Waals surface area contributed by atoms with Crippen LogP contribution in [0.1, 0.15) is 40.1 Å². The molecule has 2 aliphatic carbocycles. The number of rotatable bonds is 2. The highest BCUT2D eigenvalue weighted by Gasteiger charge is 2.51. The number of allylic oxidation sites excluding steroid dienone is 1. The van der Waals surface area contributed by atoms with Crippen LogP contribution in [0.25, 0.3) is 51.2 Å². The van der Waals surface area contributed by atoms with Gasteiger partial charge >= 0.3 is 0 Å². The van der Waals surface area contributed by atoms with Gasteiger partial charge in [-0.15, -0.1) is 0 Å². The van der Waals surface area contributed by atoms with E-state index in [9.17, 15) is 0 Å². The van der Waals surface area contributed by atoms with Gasteiger partial charge in [0.15, 0.2) is 11.3 Å². The quantitative estimate of drug-likeness (QED) is 0.208. The first kappa shape index (κ1) is 23.8. The van der Waals surface area contributed by atoms with Gasteiger partial charge in [-0.3, -0.25) is 0 Å². The highest BCUT2D eigenvalue weighted by Crippen LogP contribution is 2.62. The molecule has 5 aromatic carbocycles. The Labute approximate surface area is 253 Å². The van der Waals surface area contributed by atoms with E-state index < -0.39 is 5.41 Å². The summed E-state index contributed by atoms with van der Waals surface area (Å²) in [7, 11) is 0. The largest absolute Gasteiger partial charge is 0.457 e. The molecule has 3 heterocycles. The number of aromatic nitrogens is 2. The lowest BCUT2D eigenvalue weighted by Gasteiger charge is -2.39. The van der Waals surface area contributed by atoms with Crippen LogP contribution in [-0.4, -0.2) is 9.97 Å². The first-order valence-corrected chi connectivity index (χ1v) is 15.0. The van der Waals surface area contributed by atoms with Crippen LogP contribution in [0.4, 0.5) is 0 Å². The Balaban J connectivity index is 1.27. The smallest absolute Gasteiger partial charge is 0.227 e. The topological polar surface area (TPSA) is 61.3 Å². The molecule has 0 unspecified atom stereocenters. The summed E-state index contributed by atoms with van der Waals surface area (Å²) >= 11 is 0. The van der Waals surface area contributed by atoms with Crippen LogP contribution in [-0.2, 0) is 11.8 Å². The van der Waals surface area contributed by atoms with Crippen molar-refractivity contribution in [3.8, 4) is 45.5 Å². The number of para-hydroxylation sites is 2. The third kappa shape index (κ3) is 3.13. The summed E-state index contributed by atoms with van der Waals surface area (Å²) in [6.07, 6.45) is 6.05. The van der Waals surface area contributed by atoms with Crippen LogP contribution in [0.5, 0.6) is 11.5 Å². The second-order valence-corrected chi connectivity index (χ2v) is 11.6. The van der Waals surface area contributed by atoms with Gasteiger partial charge in [-0.25, -0.2) is 9.97 Å². The van der Waals surface area contributed by atoms with Gasteiger partial charge in [0.2, 0.25) is 11.8 Å². The van der Waals surface area contributed by atoms with Gasteiger partial charge < -0.3 is 13.6 Å². The molecule has 208 valence electrons. The standard InChI is InChI=1S/C39H24N2O3/c1-3-11-27-25(9-1)26-10-2-4-12-28(26)39(27)29-21-23(37-40-31-13-5-7-15-35(31)43-37)17-19-33(29)42-34-20-18-24(22-30(34)39)38-41-32-14-6-8-16-36(32)44-38/h1-5,7-13,15-22H,6,14H2. The van der Waals surface area contributed by atoms with Gasteiger partial charge in [-0.05, 0) is 89.7 Å². The van der Waals surface area contributed by atoms with E-state index in [0.29, 0.717) is 11.8 Å². The van der Waals surface area contributed by atoms with Crippen LogP contribution < -0.4 is 4.74 Å². The van der Waals surface area contributed by atoms with Gasteiger partial charge in [-0.2, -0.15) is 0 Å². The fourth-order valence-electron chi connectivity index (χ4n) is 7.37. The SMILES string of the molecule is C1=Cc2oc(-c3ccc4c(c3)C3(c5cc(-c6nc7ccccc7o6)ccc5O4)c4ccccc4-c4ccccc43)nc2CC1. The average Bonchev–Trinajstić information content (AvgIpc) is 3.79. The Bertz CT molecular complexity index is 2260. The zero-order chi connectivity index (χ0) is 28.8. The average molecular weight is 569 g/mol. The molecule has 0 saturated heterocycles. The molecule has 10 rings (SSSR count). The summed E-state index contributed by atoms with van der Waals surface area (Å²) in [5, 5.41) is 0. The van der Waals surface area contributed by atoms with E-state index in [0.717, 1.165) is 69.1 Å². The maximum Gasteiger partial charge on any atom is 0.227 e. The van der Waals surface area contributed by atoms with Gasteiger partial charge in [0.25, 0.3) is 0 Å². The van der Waals surface area contributed by atoms with Crippen molar-refractivity contribution in [2.45, 2.75) is 18.3 Å². The second-order valence-electron chi connectivity index (χ2n) is 11.6. The minimum atomic E-state index is -0.639. The summed E-state index contributed by atoms with van der Waals surface area (Å²) in [5.41, 5.74) is 10.8. The molecule has 0 N–H and O–H groups in total. The number of hydrogen-bond donors (Lipinski definition) is 0. The van der Waals surface area contributed by atoms with Crippen LogP contribution in [0, 0.1) is 0 Å². The molecule has 5 nitrogen and oxygen atoms in total. The number of benzene rings is 5. The fourth-order valence-corrected chi connectivity index (χ4v) is 7.37. The molecule has 1 spiro atoms. The normalized spacial score (nSPS) is 14.9. The Morgan fingerprint density at radius 3 is 1.91 bits per heavy atom. The molecule has 0 fully saturated rings. The molecule has 0 atom stereocenters. The molecule has 0 amide bonds. The summed E-state index contributed by atoms with van der Waals surface area (Å²) in [5.74, 6) is 3.69. The van der Waals surface area contributed by atoms with E-state index in [2.05, 4.69) is 84.9 Å². The first-order chi connectivity index (χ1) is 21.8. The lowest BCUT2D eigenvalue weighted by Crippen LogP contribution is -2.32. The maximum atomic E-state index is 6.70. The van der Waals surface area contributed by atoms with E-state index in [1.807, 2.05) is 36.4 Å². The molecule has 44 heavy (non-hydrogen) atoms. The Morgan fingerprint density at radius 1 is 0.591 bits per heavy atom. The molecular formula is C39H24N2O3. The molecule has 1 aliphatic heterocycles. The van der Waals surface area contributed by atoms with Crippen molar-refractivity contribution in [3.05, 3.63) is 149 Å². The van der Waals surface area contributed by atoms with Crippen LogP contribution in [0.3, 0.4) is 0 Å². The zero-order valence-corrected chi connectivity index (χ0v) is 23.6. The van der Waals surface area contributed by atoms with E-state index in [1.165, 1.54) is 22.3 Å². The Hall–Kier alpha value is -5.68. The molecule has 5 heteroatoms. The summed E-state index contributed by atoms with van der Waals surface area (Å²) in [6, 6.07) is 37.9. The van der Waals surface area contributed by atoms with E-state index in [1.54, 1.807) is 0 Å². The minimum absolute atomic E-state index is 0.585. The fraction of sp³-hybridized carbons (Fsp3) is 0.0769. The molecular weight excluding hydrogens is 544 g/mol.